The van der Waals surface area contributed by atoms with E-state index in [1.807, 2.05) is 0 Å². The van der Waals surface area contributed by atoms with Gasteiger partial charge < -0.3 is 15.8 Å². The summed E-state index contributed by atoms with van der Waals surface area (Å²) in [4.78, 5) is 0. The number of hydrogen-bond donors (Lipinski definition) is 2. The zero-order valence-corrected chi connectivity index (χ0v) is 8.52. The molecule has 0 aromatic carbocycles. The van der Waals surface area contributed by atoms with Gasteiger partial charge in [-0.05, 0) is 18.8 Å². The summed E-state index contributed by atoms with van der Waals surface area (Å²) in [6.45, 7) is 0.440. The molecular weight excluding hydrogens is 209 g/mol. The van der Waals surface area contributed by atoms with Crippen LogP contribution < -0.4 is 11.1 Å². The lowest BCUT2D eigenvalue weighted by molar-refractivity contribution is -0.127. The zero-order chi connectivity index (χ0) is 11.3. The molecule has 0 spiro atoms. The molecule has 6 heteroatoms. The van der Waals surface area contributed by atoms with E-state index in [0.29, 0.717) is 13.2 Å². The minimum atomic E-state index is -4.18. The van der Waals surface area contributed by atoms with Crippen molar-refractivity contribution in [1.29, 1.82) is 0 Å². The van der Waals surface area contributed by atoms with Crippen LogP contribution in [0.1, 0.15) is 12.8 Å². The Morgan fingerprint density at radius 3 is 2.67 bits per heavy atom. The third kappa shape index (κ3) is 4.81. The molecule has 0 aromatic heterocycles. The molecule has 1 fully saturated rings. The smallest absolute Gasteiger partial charge is 0.381 e. The lowest BCUT2D eigenvalue weighted by Gasteiger charge is -2.30. The van der Waals surface area contributed by atoms with Gasteiger partial charge in [-0.2, -0.15) is 13.2 Å². The molecule has 1 saturated heterocycles. The van der Waals surface area contributed by atoms with E-state index in [1.54, 1.807) is 0 Å². The normalized spacial score (nSPS) is 25.2. The van der Waals surface area contributed by atoms with Crippen molar-refractivity contribution in [2.45, 2.75) is 25.1 Å². The fourth-order valence-electron chi connectivity index (χ4n) is 1.77. The number of nitrogens with one attached hydrogen (secondary N) is 1. The first kappa shape index (κ1) is 12.7. The van der Waals surface area contributed by atoms with Gasteiger partial charge in [0.25, 0.3) is 0 Å². The number of nitrogens with two attached hydrogens (primary N) is 1. The summed E-state index contributed by atoms with van der Waals surface area (Å²) in [6.07, 6.45) is -2.40. The molecule has 0 aromatic rings. The van der Waals surface area contributed by atoms with Gasteiger partial charge >= 0.3 is 6.18 Å². The largest absolute Gasteiger partial charge is 0.401 e. The van der Waals surface area contributed by atoms with Crippen molar-refractivity contribution >= 4 is 0 Å². The topological polar surface area (TPSA) is 47.3 Å². The Morgan fingerprint density at radius 2 is 2.20 bits per heavy atom. The molecule has 0 amide bonds. The quantitative estimate of drug-likeness (QED) is 0.748. The van der Waals surface area contributed by atoms with Crippen molar-refractivity contribution in [3.8, 4) is 0 Å². The Labute approximate surface area is 87.2 Å². The van der Waals surface area contributed by atoms with E-state index in [1.165, 1.54) is 0 Å². The van der Waals surface area contributed by atoms with Gasteiger partial charge in [-0.1, -0.05) is 0 Å². The molecule has 3 nitrogen and oxygen atoms in total. The van der Waals surface area contributed by atoms with Crippen molar-refractivity contribution < 1.29 is 17.9 Å². The molecule has 0 bridgehead atoms. The summed E-state index contributed by atoms with van der Waals surface area (Å²) in [5, 5.41) is 2.45. The lowest BCUT2D eigenvalue weighted by Crippen LogP contribution is -2.48. The molecule has 1 heterocycles. The Kier molecular flexibility index (Phi) is 4.82. The predicted molar refractivity (Wildman–Crippen MR) is 50.4 cm³/mol. The van der Waals surface area contributed by atoms with Gasteiger partial charge in [-0.3, -0.25) is 0 Å². The van der Waals surface area contributed by atoms with E-state index in [-0.39, 0.29) is 18.5 Å². The number of alkyl halides is 3. The minimum Gasteiger partial charge on any atom is -0.381 e. The van der Waals surface area contributed by atoms with Crippen LogP contribution in [-0.2, 0) is 4.74 Å². The minimum absolute atomic E-state index is 0.103. The second kappa shape index (κ2) is 5.67. The first-order chi connectivity index (χ1) is 7.03. The van der Waals surface area contributed by atoms with Crippen molar-refractivity contribution in [3.05, 3.63) is 0 Å². The second-order valence-electron chi connectivity index (χ2n) is 3.82. The first-order valence-corrected chi connectivity index (χ1v) is 5.11. The van der Waals surface area contributed by atoms with E-state index >= 15 is 0 Å². The van der Waals surface area contributed by atoms with Crippen LogP contribution in [0, 0.1) is 5.92 Å². The van der Waals surface area contributed by atoms with Gasteiger partial charge in [0.1, 0.15) is 0 Å². The third-order valence-corrected chi connectivity index (χ3v) is 2.58. The first-order valence-electron chi connectivity index (χ1n) is 5.11. The van der Waals surface area contributed by atoms with E-state index in [2.05, 4.69) is 5.32 Å². The molecule has 90 valence electrons. The monoisotopic (exact) mass is 226 g/mol. The van der Waals surface area contributed by atoms with Crippen LogP contribution in [0.4, 0.5) is 13.2 Å². The average Bonchev–Trinajstić information content (AvgIpc) is 2.19. The maximum atomic E-state index is 12.0. The molecule has 1 rings (SSSR count). The third-order valence-electron chi connectivity index (χ3n) is 2.58. The Hall–Kier alpha value is -0.330. The van der Waals surface area contributed by atoms with E-state index in [9.17, 15) is 13.2 Å². The summed E-state index contributed by atoms with van der Waals surface area (Å²) in [5.41, 5.74) is 5.45. The highest BCUT2D eigenvalue weighted by Crippen LogP contribution is 2.19. The zero-order valence-electron chi connectivity index (χ0n) is 8.52. The van der Waals surface area contributed by atoms with Crippen molar-refractivity contribution in [2.75, 3.05) is 26.3 Å². The Bertz CT molecular complexity index is 181. The van der Waals surface area contributed by atoms with Crippen LogP contribution in [0.3, 0.4) is 0 Å². The highest BCUT2D eigenvalue weighted by molar-refractivity contribution is 4.80. The molecule has 0 radical (unpaired) electrons. The molecule has 3 N–H and O–H groups in total. The number of ether oxygens (including phenoxy) is 1. The summed E-state index contributed by atoms with van der Waals surface area (Å²) in [7, 11) is 0. The fraction of sp³-hybridized carbons (Fsp3) is 1.00. The van der Waals surface area contributed by atoms with Gasteiger partial charge in [0.05, 0.1) is 13.2 Å². The SMILES string of the molecule is NCC(NCC(F)(F)F)C1CCCOC1. The summed E-state index contributed by atoms with van der Waals surface area (Å²) < 4.78 is 41.2. The summed E-state index contributed by atoms with van der Waals surface area (Å²) in [5.74, 6) is 0.103. The van der Waals surface area contributed by atoms with Gasteiger partial charge in [0.2, 0.25) is 0 Å². The van der Waals surface area contributed by atoms with E-state index in [4.69, 9.17) is 10.5 Å². The van der Waals surface area contributed by atoms with Crippen molar-refractivity contribution in [2.24, 2.45) is 11.7 Å². The van der Waals surface area contributed by atoms with Gasteiger partial charge in [-0.15, -0.1) is 0 Å². The molecule has 2 unspecified atom stereocenters. The molecule has 2 atom stereocenters. The lowest BCUT2D eigenvalue weighted by atomic mass is 9.94. The maximum absolute atomic E-state index is 12.0. The molecule has 15 heavy (non-hydrogen) atoms. The van der Waals surface area contributed by atoms with Crippen LogP contribution in [0.5, 0.6) is 0 Å². The van der Waals surface area contributed by atoms with Crippen LogP contribution in [0.25, 0.3) is 0 Å². The van der Waals surface area contributed by atoms with Gasteiger partial charge in [0, 0.05) is 19.2 Å². The van der Waals surface area contributed by atoms with Crippen LogP contribution in [-0.4, -0.2) is 38.5 Å². The Balaban J connectivity index is 2.34. The fourth-order valence-corrected chi connectivity index (χ4v) is 1.77. The Morgan fingerprint density at radius 1 is 1.47 bits per heavy atom. The van der Waals surface area contributed by atoms with Gasteiger partial charge in [-0.25, -0.2) is 0 Å². The molecule has 0 saturated carbocycles. The van der Waals surface area contributed by atoms with Gasteiger partial charge in [0.15, 0.2) is 0 Å². The standard InChI is InChI=1S/C9H17F3N2O/c10-9(11,12)6-14-8(4-13)7-2-1-3-15-5-7/h7-8,14H,1-6,13H2. The van der Waals surface area contributed by atoms with E-state index < -0.39 is 12.7 Å². The maximum Gasteiger partial charge on any atom is 0.401 e. The van der Waals surface area contributed by atoms with Crippen LogP contribution in [0.15, 0.2) is 0 Å². The molecule has 1 aliphatic rings. The number of hydrogen-bond acceptors (Lipinski definition) is 3. The average molecular weight is 226 g/mol. The predicted octanol–water partition coefficient (Wildman–Crippen LogP) is 0.892. The van der Waals surface area contributed by atoms with Crippen molar-refractivity contribution in [3.63, 3.8) is 0 Å². The highest BCUT2D eigenvalue weighted by atomic mass is 19.4. The second-order valence-corrected chi connectivity index (χ2v) is 3.82. The number of rotatable bonds is 4. The molecule has 1 aliphatic heterocycles. The molecule has 0 aliphatic carbocycles. The molecular formula is C9H17F3N2O. The summed E-state index contributed by atoms with van der Waals surface area (Å²) >= 11 is 0. The van der Waals surface area contributed by atoms with E-state index in [0.717, 1.165) is 12.8 Å². The summed E-state index contributed by atoms with van der Waals surface area (Å²) in [6, 6.07) is -0.299. The van der Waals surface area contributed by atoms with Crippen LogP contribution >= 0.6 is 0 Å². The van der Waals surface area contributed by atoms with Crippen LogP contribution in [0.2, 0.25) is 0 Å². The number of halogens is 3. The van der Waals surface area contributed by atoms with Crippen molar-refractivity contribution in [1.82, 2.24) is 5.32 Å². The highest BCUT2D eigenvalue weighted by Gasteiger charge is 2.30.